The van der Waals surface area contributed by atoms with Crippen LogP contribution >= 0.6 is 0 Å². The molecule has 1 unspecified atom stereocenters. The van der Waals surface area contributed by atoms with E-state index in [1.807, 2.05) is 14.0 Å². The number of hydrogen-bond donors (Lipinski definition) is 3. The van der Waals surface area contributed by atoms with Crippen LogP contribution in [0.1, 0.15) is 26.2 Å². The Labute approximate surface area is 118 Å². The van der Waals surface area contributed by atoms with Crippen LogP contribution in [0.25, 0.3) is 0 Å². The molecule has 0 bridgehead atoms. The van der Waals surface area contributed by atoms with E-state index >= 15 is 0 Å². The molecule has 20 heavy (non-hydrogen) atoms. The van der Waals surface area contributed by atoms with Crippen molar-refractivity contribution in [3.8, 4) is 0 Å². The fraction of sp³-hybridized carbons (Fsp3) is 0.846. The zero-order valence-electron chi connectivity index (χ0n) is 12.0. The minimum atomic E-state index is -1.07. The minimum absolute atomic E-state index is 0.0790. The summed E-state index contributed by atoms with van der Waals surface area (Å²) in [6.45, 7) is 2.59. The summed E-state index contributed by atoms with van der Waals surface area (Å²) in [6, 6.07) is -0.518. The lowest BCUT2D eigenvalue weighted by Crippen LogP contribution is -2.49. The van der Waals surface area contributed by atoms with E-state index in [2.05, 4.69) is 10.2 Å². The summed E-state index contributed by atoms with van der Waals surface area (Å²) >= 11 is 0. The number of likely N-dealkylation sites (tertiary alicyclic amines) is 1. The van der Waals surface area contributed by atoms with Crippen molar-refractivity contribution >= 4 is 12.0 Å². The molecule has 1 aliphatic carbocycles. The topological polar surface area (TPSA) is 93.1 Å². The molecule has 7 nitrogen and oxygen atoms in total. The molecule has 0 aromatic carbocycles. The summed E-state index contributed by atoms with van der Waals surface area (Å²) in [5, 5.41) is 21.3. The van der Waals surface area contributed by atoms with Crippen LogP contribution in [-0.4, -0.2) is 76.4 Å². The van der Waals surface area contributed by atoms with Gasteiger partial charge in [0.1, 0.15) is 6.04 Å². The molecule has 2 aliphatic rings. The summed E-state index contributed by atoms with van der Waals surface area (Å²) in [5.74, 6) is -1.07. The van der Waals surface area contributed by atoms with E-state index in [9.17, 15) is 14.7 Å². The second-order valence-corrected chi connectivity index (χ2v) is 5.83. The van der Waals surface area contributed by atoms with E-state index in [4.69, 9.17) is 5.11 Å². The van der Waals surface area contributed by atoms with Crippen molar-refractivity contribution in [2.24, 2.45) is 0 Å². The molecule has 3 N–H and O–H groups in total. The lowest BCUT2D eigenvalue weighted by molar-refractivity contribution is -0.141. The Kier molecular flexibility index (Phi) is 4.49. The van der Waals surface area contributed by atoms with Gasteiger partial charge in [-0.15, -0.1) is 0 Å². The van der Waals surface area contributed by atoms with Gasteiger partial charge in [0.25, 0.3) is 0 Å². The second kappa shape index (κ2) is 5.97. The predicted octanol–water partition coefficient (Wildman–Crippen LogP) is -0.301. The van der Waals surface area contributed by atoms with Crippen LogP contribution in [0.3, 0.4) is 0 Å². The SMILES string of the molecule is CC(CNC(=O)N1C[C@@H](O)C[C@H]1C(=O)O)N(C)C1CC1. The number of likely N-dealkylation sites (N-methyl/N-ethyl adjacent to an activating group) is 1. The van der Waals surface area contributed by atoms with Gasteiger partial charge in [-0.2, -0.15) is 0 Å². The minimum Gasteiger partial charge on any atom is -0.480 e. The Morgan fingerprint density at radius 1 is 1.45 bits per heavy atom. The van der Waals surface area contributed by atoms with Gasteiger partial charge >= 0.3 is 12.0 Å². The third-order valence-electron chi connectivity index (χ3n) is 4.19. The molecule has 114 valence electrons. The van der Waals surface area contributed by atoms with Crippen LogP contribution < -0.4 is 5.32 Å². The van der Waals surface area contributed by atoms with Gasteiger partial charge < -0.3 is 20.4 Å². The van der Waals surface area contributed by atoms with Crippen molar-refractivity contribution in [2.75, 3.05) is 20.1 Å². The van der Waals surface area contributed by atoms with Gasteiger partial charge in [-0.05, 0) is 26.8 Å². The normalized spacial score (nSPS) is 27.7. The number of aliphatic hydroxyl groups excluding tert-OH is 1. The molecule has 0 radical (unpaired) electrons. The molecule has 0 aromatic rings. The Bertz CT molecular complexity index is 386. The van der Waals surface area contributed by atoms with Crippen molar-refractivity contribution in [2.45, 2.75) is 50.4 Å². The highest BCUT2D eigenvalue weighted by molar-refractivity contribution is 5.83. The fourth-order valence-electron chi connectivity index (χ4n) is 2.59. The molecule has 1 saturated carbocycles. The first-order chi connectivity index (χ1) is 9.40. The van der Waals surface area contributed by atoms with Crippen LogP contribution in [0, 0.1) is 0 Å². The summed E-state index contributed by atoms with van der Waals surface area (Å²) in [7, 11) is 2.04. The quantitative estimate of drug-likeness (QED) is 0.645. The smallest absolute Gasteiger partial charge is 0.326 e. The van der Waals surface area contributed by atoms with Crippen molar-refractivity contribution in [3.05, 3.63) is 0 Å². The number of aliphatic hydroxyl groups is 1. The predicted molar refractivity (Wildman–Crippen MR) is 72.4 cm³/mol. The molecule has 2 amide bonds. The monoisotopic (exact) mass is 285 g/mol. The number of aliphatic carboxylic acids is 1. The highest BCUT2D eigenvalue weighted by Gasteiger charge is 2.39. The lowest BCUT2D eigenvalue weighted by atomic mass is 10.2. The fourth-order valence-corrected chi connectivity index (χ4v) is 2.59. The average molecular weight is 285 g/mol. The first-order valence-electron chi connectivity index (χ1n) is 7.07. The lowest BCUT2D eigenvalue weighted by Gasteiger charge is -2.27. The summed E-state index contributed by atoms with van der Waals surface area (Å²) in [6.07, 6.45) is 1.75. The molecule has 0 spiro atoms. The molecular weight excluding hydrogens is 262 g/mol. The maximum atomic E-state index is 12.0. The van der Waals surface area contributed by atoms with Gasteiger partial charge in [0.05, 0.1) is 6.10 Å². The molecular formula is C13H23N3O4. The largest absolute Gasteiger partial charge is 0.480 e. The standard InChI is InChI=1S/C13H23N3O4/c1-8(15(2)9-3-4-9)6-14-13(20)16-7-10(17)5-11(16)12(18)19/h8-11,17H,3-7H2,1-2H3,(H,14,20)(H,18,19)/t8?,10-,11-/m0/s1. The maximum Gasteiger partial charge on any atom is 0.326 e. The molecule has 2 fully saturated rings. The number of carbonyl (C=O) groups is 2. The summed E-state index contributed by atoms with van der Waals surface area (Å²) in [5.41, 5.74) is 0. The number of rotatable bonds is 5. The van der Waals surface area contributed by atoms with Crippen molar-refractivity contribution < 1.29 is 19.8 Å². The molecule has 1 saturated heterocycles. The van der Waals surface area contributed by atoms with E-state index in [0.29, 0.717) is 12.6 Å². The van der Waals surface area contributed by atoms with Crippen molar-refractivity contribution in [1.82, 2.24) is 15.1 Å². The number of β-amino-alcohol motifs (C(OH)–C–C–N with tert-alkyl or cyclic N) is 1. The van der Waals surface area contributed by atoms with Crippen molar-refractivity contribution in [1.29, 1.82) is 0 Å². The van der Waals surface area contributed by atoms with Crippen LogP contribution in [-0.2, 0) is 4.79 Å². The maximum absolute atomic E-state index is 12.0. The molecule has 0 aromatic heterocycles. The van der Waals surface area contributed by atoms with Crippen LogP contribution in [0.4, 0.5) is 4.79 Å². The Hall–Kier alpha value is -1.34. The number of carboxylic acids is 1. The van der Waals surface area contributed by atoms with E-state index in [-0.39, 0.29) is 19.0 Å². The van der Waals surface area contributed by atoms with Gasteiger partial charge in [-0.3, -0.25) is 4.90 Å². The van der Waals surface area contributed by atoms with Crippen LogP contribution in [0.2, 0.25) is 0 Å². The van der Waals surface area contributed by atoms with Gasteiger partial charge in [0.2, 0.25) is 0 Å². The average Bonchev–Trinajstić information content (AvgIpc) is 3.16. The van der Waals surface area contributed by atoms with Gasteiger partial charge in [0.15, 0.2) is 0 Å². The zero-order chi connectivity index (χ0) is 14.9. The number of nitrogens with zero attached hydrogens (tertiary/aromatic N) is 2. The number of carbonyl (C=O) groups excluding carboxylic acids is 1. The second-order valence-electron chi connectivity index (χ2n) is 5.83. The van der Waals surface area contributed by atoms with Gasteiger partial charge in [0, 0.05) is 31.6 Å². The van der Waals surface area contributed by atoms with E-state index in [0.717, 1.165) is 0 Å². The number of carboxylic acid groups (broad SMARTS) is 1. The number of nitrogens with one attached hydrogen (secondary N) is 1. The molecule has 7 heteroatoms. The Morgan fingerprint density at radius 3 is 2.65 bits per heavy atom. The highest BCUT2D eigenvalue weighted by Crippen LogP contribution is 2.26. The van der Waals surface area contributed by atoms with Gasteiger partial charge in [-0.1, -0.05) is 0 Å². The van der Waals surface area contributed by atoms with Crippen LogP contribution in [0.15, 0.2) is 0 Å². The van der Waals surface area contributed by atoms with E-state index in [1.54, 1.807) is 0 Å². The summed E-state index contributed by atoms with van der Waals surface area (Å²) < 4.78 is 0. The van der Waals surface area contributed by atoms with Gasteiger partial charge in [-0.25, -0.2) is 9.59 Å². The Balaban J connectivity index is 1.82. The Morgan fingerprint density at radius 2 is 2.10 bits per heavy atom. The summed E-state index contributed by atoms with van der Waals surface area (Å²) in [4.78, 5) is 26.5. The van der Waals surface area contributed by atoms with Crippen LogP contribution in [0.5, 0.6) is 0 Å². The molecule has 3 atom stereocenters. The van der Waals surface area contributed by atoms with E-state index < -0.39 is 24.1 Å². The first kappa shape index (κ1) is 15.1. The molecule has 1 heterocycles. The highest BCUT2D eigenvalue weighted by atomic mass is 16.4. The third-order valence-corrected chi connectivity index (χ3v) is 4.19. The van der Waals surface area contributed by atoms with E-state index in [1.165, 1.54) is 17.7 Å². The number of hydrogen-bond acceptors (Lipinski definition) is 4. The third kappa shape index (κ3) is 3.40. The molecule has 2 rings (SSSR count). The molecule has 1 aliphatic heterocycles. The number of urea groups is 1. The first-order valence-corrected chi connectivity index (χ1v) is 7.07. The van der Waals surface area contributed by atoms with Crippen molar-refractivity contribution in [3.63, 3.8) is 0 Å². The number of amides is 2. The zero-order valence-corrected chi connectivity index (χ0v) is 12.0.